The molecule has 2 aromatic carbocycles. The van der Waals surface area contributed by atoms with Crippen molar-refractivity contribution in [2.75, 3.05) is 5.73 Å². The lowest BCUT2D eigenvalue weighted by atomic mass is 9.84. The minimum atomic E-state index is -2.92. The summed E-state index contributed by atoms with van der Waals surface area (Å²) in [5.74, 6) is 9.14. The monoisotopic (exact) mass is 425 g/mol. The molecule has 0 radical (unpaired) electrons. The van der Waals surface area contributed by atoms with Crippen molar-refractivity contribution in [2.45, 2.75) is 26.3 Å². The zero-order chi connectivity index (χ0) is 23.0. The van der Waals surface area contributed by atoms with Crippen LogP contribution in [0.25, 0.3) is 0 Å². The van der Waals surface area contributed by atoms with Gasteiger partial charge in [-0.25, -0.2) is 14.3 Å². The molecule has 0 saturated heterocycles. The van der Waals surface area contributed by atoms with Gasteiger partial charge in [0.2, 0.25) is 6.43 Å². The van der Waals surface area contributed by atoms with Gasteiger partial charge in [0, 0.05) is 22.4 Å². The summed E-state index contributed by atoms with van der Waals surface area (Å²) in [6.45, 7) is 2.22. The van der Waals surface area contributed by atoms with Crippen LogP contribution in [-0.4, -0.2) is 29.5 Å². The molecule has 0 aliphatic rings. The number of carbonyl (C=O) groups is 2. The largest absolute Gasteiger partial charge is 0.398 e. The van der Waals surface area contributed by atoms with E-state index in [2.05, 4.69) is 29.0 Å². The second-order valence-electron chi connectivity index (χ2n) is 7.17. The molecular weight excluding hydrogens is 404 g/mol. The molecule has 160 valence electrons. The molecule has 2 amide bonds. The first-order valence-electron chi connectivity index (χ1n) is 9.16. The van der Waals surface area contributed by atoms with E-state index in [1.165, 1.54) is 17.6 Å². The van der Waals surface area contributed by atoms with Crippen LogP contribution in [0.15, 0.2) is 48.5 Å². The third kappa shape index (κ3) is 6.05. The fourth-order valence-electron chi connectivity index (χ4n) is 2.51. The zero-order valence-corrected chi connectivity index (χ0v) is 16.9. The van der Waals surface area contributed by atoms with Gasteiger partial charge in [-0.05, 0) is 48.2 Å². The van der Waals surface area contributed by atoms with Crippen LogP contribution in [0.4, 0.5) is 14.5 Å². The molecule has 0 spiro atoms. The number of rotatable bonds is 5. The van der Waals surface area contributed by atoms with E-state index < -0.39 is 29.7 Å². The summed E-state index contributed by atoms with van der Waals surface area (Å²) in [6.07, 6.45) is -2.92. The lowest BCUT2D eigenvalue weighted by Crippen LogP contribution is -2.56. The molecule has 0 fully saturated rings. The lowest BCUT2D eigenvalue weighted by Gasteiger charge is -2.32. The van der Waals surface area contributed by atoms with Gasteiger partial charge in [-0.3, -0.25) is 14.8 Å². The van der Waals surface area contributed by atoms with Crippen LogP contribution in [0.1, 0.15) is 35.3 Å². The van der Waals surface area contributed by atoms with E-state index in [0.717, 1.165) is 13.8 Å². The number of hydroxylamine groups is 1. The number of nitrogens with two attached hydrogens (primary N) is 1. The first-order valence-corrected chi connectivity index (χ1v) is 9.16. The molecule has 0 aliphatic carbocycles. The van der Waals surface area contributed by atoms with Crippen molar-refractivity contribution in [2.24, 2.45) is 5.41 Å². The number of benzene rings is 2. The number of amides is 2. The lowest BCUT2D eigenvalue weighted by molar-refractivity contribution is -0.137. The molecule has 0 aromatic heterocycles. The van der Waals surface area contributed by atoms with Crippen LogP contribution < -0.4 is 16.5 Å². The first-order chi connectivity index (χ1) is 14.7. The Bertz CT molecular complexity index is 1070. The highest BCUT2D eigenvalue weighted by Crippen LogP contribution is 2.29. The molecule has 2 rings (SSSR count). The van der Waals surface area contributed by atoms with E-state index in [9.17, 15) is 18.4 Å². The van der Waals surface area contributed by atoms with Gasteiger partial charge in [-0.2, -0.15) is 0 Å². The van der Waals surface area contributed by atoms with Gasteiger partial charge in [0.15, 0.2) is 0 Å². The van der Waals surface area contributed by atoms with E-state index in [0.29, 0.717) is 16.8 Å². The molecule has 8 heteroatoms. The Hall–Kier alpha value is -3.88. The van der Waals surface area contributed by atoms with Crippen molar-refractivity contribution >= 4 is 17.5 Å². The Morgan fingerprint density at radius 1 is 1.03 bits per heavy atom. The highest BCUT2D eigenvalue weighted by Gasteiger charge is 2.43. The third-order valence-corrected chi connectivity index (χ3v) is 4.53. The highest BCUT2D eigenvalue weighted by molar-refractivity contribution is 5.97. The number of hydrogen-bond acceptors (Lipinski definition) is 4. The minimum Gasteiger partial charge on any atom is -0.398 e. The van der Waals surface area contributed by atoms with Gasteiger partial charge >= 0.3 is 0 Å². The van der Waals surface area contributed by atoms with Crippen molar-refractivity contribution < 1.29 is 23.6 Å². The molecule has 0 bridgehead atoms. The van der Waals surface area contributed by atoms with Crippen LogP contribution in [-0.2, 0) is 4.79 Å². The van der Waals surface area contributed by atoms with Crippen molar-refractivity contribution in [3.63, 3.8) is 0 Å². The maximum atomic E-state index is 13.3. The summed E-state index contributed by atoms with van der Waals surface area (Å²) < 4.78 is 26.6. The summed E-state index contributed by atoms with van der Waals surface area (Å²) in [5.41, 5.74) is 7.12. The summed E-state index contributed by atoms with van der Waals surface area (Å²) in [7, 11) is 0. The van der Waals surface area contributed by atoms with Crippen LogP contribution >= 0.6 is 0 Å². The normalized spacial score (nSPS) is 11.4. The van der Waals surface area contributed by atoms with Gasteiger partial charge in [0.1, 0.15) is 6.04 Å². The number of alkyl halides is 2. The molecule has 0 unspecified atom stereocenters. The average Bonchev–Trinajstić information content (AvgIpc) is 2.75. The summed E-state index contributed by atoms with van der Waals surface area (Å²) in [6, 6.07) is 11.5. The Kier molecular flexibility index (Phi) is 7.73. The summed E-state index contributed by atoms with van der Waals surface area (Å²) >= 11 is 0. The van der Waals surface area contributed by atoms with Crippen LogP contribution in [0.3, 0.4) is 0 Å². The number of nitrogens with one attached hydrogen (secondary N) is 2. The Balaban J connectivity index is 2.12. The number of carbonyl (C=O) groups excluding carboxylic acids is 2. The molecule has 6 nitrogen and oxygen atoms in total. The SMILES string of the molecule is CC(C)(C(F)F)[C@H](NC(=O)c1ccc(C#CC#Cc2ccccc2N)cc1)C(=O)NO. The summed E-state index contributed by atoms with van der Waals surface area (Å²) in [4.78, 5) is 24.2. The standard InChI is InChI=1S/C23H21F2N3O3/c1-23(2,22(24)25)19(21(30)28-31)27-20(29)17-13-11-15(12-14-17)7-3-4-8-16-9-5-6-10-18(16)26/h5-6,9-14,19,22,31H,26H2,1-2H3,(H,27,29)(H,28,30)/t19-/m1/s1. The molecule has 5 N–H and O–H groups in total. The molecule has 2 aromatic rings. The van der Waals surface area contributed by atoms with Crippen LogP contribution in [0.2, 0.25) is 0 Å². The smallest absolute Gasteiger partial charge is 0.266 e. The maximum Gasteiger partial charge on any atom is 0.266 e. The number of halogens is 2. The van der Waals surface area contributed by atoms with Crippen molar-refractivity contribution in [3.05, 3.63) is 65.2 Å². The average molecular weight is 425 g/mol. The van der Waals surface area contributed by atoms with E-state index >= 15 is 0 Å². The third-order valence-electron chi connectivity index (χ3n) is 4.53. The number of para-hydroxylation sites is 1. The van der Waals surface area contributed by atoms with Crippen molar-refractivity contribution in [1.82, 2.24) is 10.8 Å². The molecule has 31 heavy (non-hydrogen) atoms. The van der Waals surface area contributed by atoms with Crippen molar-refractivity contribution in [3.8, 4) is 23.7 Å². The Morgan fingerprint density at radius 2 is 1.65 bits per heavy atom. The van der Waals surface area contributed by atoms with E-state index in [1.807, 2.05) is 6.07 Å². The molecule has 1 atom stereocenters. The Morgan fingerprint density at radius 3 is 2.23 bits per heavy atom. The second kappa shape index (κ2) is 10.2. The quantitative estimate of drug-likeness (QED) is 0.256. The summed E-state index contributed by atoms with van der Waals surface area (Å²) in [5, 5.41) is 11.1. The molecule has 0 aliphatic heterocycles. The predicted molar refractivity (Wildman–Crippen MR) is 112 cm³/mol. The number of anilines is 1. The van der Waals surface area contributed by atoms with Crippen LogP contribution in [0, 0.1) is 29.1 Å². The van der Waals surface area contributed by atoms with E-state index in [4.69, 9.17) is 10.9 Å². The highest BCUT2D eigenvalue weighted by atomic mass is 19.3. The second-order valence-corrected chi connectivity index (χ2v) is 7.17. The molecule has 0 saturated carbocycles. The number of hydrogen-bond donors (Lipinski definition) is 4. The van der Waals surface area contributed by atoms with E-state index in [-0.39, 0.29) is 5.56 Å². The van der Waals surface area contributed by atoms with Gasteiger partial charge in [-0.1, -0.05) is 37.8 Å². The van der Waals surface area contributed by atoms with Crippen molar-refractivity contribution in [1.29, 1.82) is 0 Å². The fraction of sp³-hybridized carbons (Fsp3) is 0.217. The predicted octanol–water partition coefficient (Wildman–Crippen LogP) is 2.57. The van der Waals surface area contributed by atoms with E-state index in [1.54, 1.807) is 30.3 Å². The molecular formula is C23H21F2N3O3. The van der Waals surface area contributed by atoms with Gasteiger partial charge in [0.05, 0.1) is 5.41 Å². The molecule has 0 heterocycles. The fourth-order valence-corrected chi connectivity index (χ4v) is 2.51. The first kappa shape index (κ1) is 23.4. The van der Waals surface area contributed by atoms with Crippen LogP contribution in [0.5, 0.6) is 0 Å². The van der Waals surface area contributed by atoms with Gasteiger partial charge in [-0.15, -0.1) is 0 Å². The topological polar surface area (TPSA) is 104 Å². The van der Waals surface area contributed by atoms with Gasteiger partial charge in [0.25, 0.3) is 11.8 Å². The maximum absolute atomic E-state index is 13.3. The Labute approximate surface area is 178 Å². The zero-order valence-electron chi connectivity index (χ0n) is 16.9. The minimum absolute atomic E-state index is 0.134. The number of nitrogen functional groups attached to an aromatic ring is 1. The van der Waals surface area contributed by atoms with Gasteiger partial charge < -0.3 is 11.1 Å².